The highest BCUT2D eigenvalue weighted by atomic mass is 16.5. The van der Waals surface area contributed by atoms with E-state index in [1.54, 1.807) is 24.5 Å². The molecule has 0 saturated heterocycles. The molecule has 0 atom stereocenters. The second-order valence-electron chi connectivity index (χ2n) is 3.81. The lowest BCUT2D eigenvalue weighted by atomic mass is 10.2. The van der Waals surface area contributed by atoms with Crippen molar-refractivity contribution in [3.05, 3.63) is 54.0 Å². The quantitative estimate of drug-likeness (QED) is 0.777. The van der Waals surface area contributed by atoms with Crippen LogP contribution >= 0.6 is 0 Å². The van der Waals surface area contributed by atoms with E-state index in [-0.39, 0.29) is 5.56 Å². The van der Waals surface area contributed by atoms with E-state index in [0.29, 0.717) is 25.6 Å². The molecule has 0 unspecified atom stereocenters. The minimum atomic E-state index is -0.951. The largest absolute Gasteiger partial charge is 0.491 e. The number of rotatable bonds is 7. The molecule has 2 rings (SSSR count). The van der Waals surface area contributed by atoms with Gasteiger partial charge in [0.05, 0.1) is 18.4 Å². The summed E-state index contributed by atoms with van der Waals surface area (Å²) in [5, 5.41) is 8.74. The summed E-state index contributed by atoms with van der Waals surface area (Å²) in [6, 6.07) is 9.89. The lowest BCUT2D eigenvalue weighted by molar-refractivity contribution is 0.0696. The molecule has 2 aromatic rings. The van der Waals surface area contributed by atoms with Gasteiger partial charge in [0, 0.05) is 0 Å². The van der Waals surface area contributed by atoms with Crippen molar-refractivity contribution >= 4 is 5.97 Å². The van der Waals surface area contributed by atoms with Crippen LogP contribution in [0.2, 0.25) is 0 Å². The molecule has 0 fully saturated rings. The predicted octanol–water partition coefficient (Wildman–Crippen LogP) is 2.57. The Labute approximate surface area is 110 Å². The Morgan fingerprint density at radius 3 is 2.58 bits per heavy atom. The fourth-order valence-electron chi connectivity index (χ4n) is 1.48. The second kappa shape index (κ2) is 6.61. The van der Waals surface area contributed by atoms with Crippen LogP contribution in [0, 0.1) is 0 Å². The van der Waals surface area contributed by atoms with Crippen molar-refractivity contribution < 1.29 is 23.8 Å². The van der Waals surface area contributed by atoms with Gasteiger partial charge >= 0.3 is 5.97 Å². The molecule has 5 heteroatoms. The SMILES string of the molecule is O=C(O)c1ccc(OCCOCc2ccco2)cc1. The minimum Gasteiger partial charge on any atom is -0.491 e. The van der Waals surface area contributed by atoms with Gasteiger partial charge in [-0.3, -0.25) is 0 Å². The van der Waals surface area contributed by atoms with Gasteiger partial charge in [-0.1, -0.05) is 0 Å². The van der Waals surface area contributed by atoms with E-state index < -0.39 is 5.97 Å². The number of aromatic carboxylic acids is 1. The number of hydrogen-bond acceptors (Lipinski definition) is 4. The summed E-state index contributed by atoms with van der Waals surface area (Å²) in [4.78, 5) is 10.7. The molecule has 5 nitrogen and oxygen atoms in total. The molecule has 19 heavy (non-hydrogen) atoms. The maximum absolute atomic E-state index is 10.7. The fourth-order valence-corrected chi connectivity index (χ4v) is 1.48. The van der Waals surface area contributed by atoms with Crippen molar-refractivity contribution in [2.75, 3.05) is 13.2 Å². The van der Waals surface area contributed by atoms with Crippen LogP contribution in [-0.4, -0.2) is 24.3 Å². The lowest BCUT2D eigenvalue weighted by Crippen LogP contribution is -2.06. The Morgan fingerprint density at radius 2 is 1.95 bits per heavy atom. The topological polar surface area (TPSA) is 68.9 Å². The Bertz CT molecular complexity index is 501. The van der Waals surface area contributed by atoms with Crippen LogP contribution in [0.3, 0.4) is 0 Å². The average Bonchev–Trinajstić information content (AvgIpc) is 2.92. The Hall–Kier alpha value is -2.27. The Kier molecular flexibility index (Phi) is 4.58. The second-order valence-corrected chi connectivity index (χ2v) is 3.81. The zero-order valence-electron chi connectivity index (χ0n) is 10.2. The molecule has 1 aromatic heterocycles. The fraction of sp³-hybridized carbons (Fsp3) is 0.214. The molecule has 0 saturated carbocycles. The van der Waals surface area contributed by atoms with Gasteiger partial charge in [0.25, 0.3) is 0 Å². The summed E-state index contributed by atoms with van der Waals surface area (Å²) < 4.78 is 15.9. The van der Waals surface area contributed by atoms with Crippen LogP contribution in [0.25, 0.3) is 0 Å². The number of carbonyl (C=O) groups is 1. The first-order valence-corrected chi connectivity index (χ1v) is 5.82. The van der Waals surface area contributed by atoms with E-state index in [9.17, 15) is 4.79 Å². The Morgan fingerprint density at radius 1 is 1.16 bits per heavy atom. The van der Waals surface area contributed by atoms with Gasteiger partial charge < -0.3 is 19.0 Å². The number of carboxylic acid groups (broad SMARTS) is 1. The maximum atomic E-state index is 10.7. The van der Waals surface area contributed by atoms with Crippen molar-refractivity contribution in [3.63, 3.8) is 0 Å². The molecule has 0 spiro atoms. The molecule has 0 amide bonds. The van der Waals surface area contributed by atoms with Crippen molar-refractivity contribution in [3.8, 4) is 5.75 Å². The highest BCUT2D eigenvalue weighted by Gasteiger charge is 2.02. The number of ether oxygens (including phenoxy) is 2. The van der Waals surface area contributed by atoms with Gasteiger partial charge in [0.2, 0.25) is 0 Å². The first kappa shape index (κ1) is 13.2. The molecule has 0 aliphatic heterocycles. The summed E-state index contributed by atoms with van der Waals surface area (Å²) in [7, 11) is 0. The van der Waals surface area contributed by atoms with E-state index in [2.05, 4.69) is 0 Å². The summed E-state index contributed by atoms with van der Waals surface area (Å²) in [5.41, 5.74) is 0.237. The highest BCUT2D eigenvalue weighted by molar-refractivity contribution is 5.87. The maximum Gasteiger partial charge on any atom is 0.335 e. The van der Waals surface area contributed by atoms with Crippen LogP contribution in [0.4, 0.5) is 0 Å². The third-order valence-corrected chi connectivity index (χ3v) is 2.42. The van der Waals surface area contributed by atoms with Crippen LogP contribution in [-0.2, 0) is 11.3 Å². The molecular weight excluding hydrogens is 248 g/mol. The predicted molar refractivity (Wildman–Crippen MR) is 67.3 cm³/mol. The van der Waals surface area contributed by atoms with Gasteiger partial charge in [-0.15, -0.1) is 0 Å². The molecular formula is C14H14O5. The van der Waals surface area contributed by atoms with Crippen LogP contribution in [0.1, 0.15) is 16.1 Å². The molecule has 1 N–H and O–H groups in total. The van der Waals surface area contributed by atoms with Crippen LogP contribution in [0.5, 0.6) is 5.75 Å². The van der Waals surface area contributed by atoms with Gasteiger partial charge in [-0.2, -0.15) is 0 Å². The highest BCUT2D eigenvalue weighted by Crippen LogP contribution is 2.12. The van der Waals surface area contributed by atoms with Crippen molar-refractivity contribution in [2.24, 2.45) is 0 Å². The average molecular weight is 262 g/mol. The lowest BCUT2D eigenvalue weighted by Gasteiger charge is -2.06. The van der Waals surface area contributed by atoms with E-state index in [1.165, 1.54) is 12.1 Å². The minimum absolute atomic E-state index is 0.237. The molecule has 100 valence electrons. The monoisotopic (exact) mass is 262 g/mol. The van der Waals surface area contributed by atoms with Gasteiger partial charge in [0.1, 0.15) is 24.7 Å². The zero-order chi connectivity index (χ0) is 13.5. The number of benzene rings is 1. The number of carboxylic acids is 1. The van der Waals surface area contributed by atoms with E-state index in [4.69, 9.17) is 19.0 Å². The molecule has 0 radical (unpaired) electrons. The van der Waals surface area contributed by atoms with Crippen molar-refractivity contribution in [2.45, 2.75) is 6.61 Å². The van der Waals surface area contributed by atoms with Crippen LogP contribution in [0.15, 0.2) is 47.1 Å². The van der Waals surface area contributed by atoms with Crippen molar-refractivity contribution in [1.29, 1.82) is 0 Å². The van der Waals surface area contributed by atoms with Gasteiger partial charge in [0.15, 0.2) is 0 Å². The molecule has 0 aliphatic rings. The number of furan rings is 1. The third-order valence-electron chi connectivity index (χ3n) is 2.42. The smallest absolute Gasteiger partial charge is 0.335 e. The van der Waals surface area contributed by atoms with E-state index >= 15 is 0 Å². The summed E-state index contributed by atoms with van der Waals surface area (Å²) in [6.07, 6.45) is 1.60. The zero-order valence-corrected chi connectivity index (χ0v) is 10.2. The number of hydrogen-bond donors (Lipinski definition) is 1. The van der Waals surface area contributed by atoms with E-state index in [1.807, 2.05) is 6.07 Å². The third kappa shape index (κ3) is 4.15. The summed E-state index contributed by atoms with van der Waals surface area (Å²) in [5.74, 6) is 0.436. The normalized spacial score (nSPS) is 10.3. The first-order valence-electron chi connectivity index (χ1n) is 5.82. The molecule has 1 aromatic carbocycles. The molecule has 1 heterocycles. The van der Waals surface area contributed by atoms with Gasteiger partial charge in [-0.25, -0.2) is 4.79 Å². The van der Waals surface area contributed by atoms with E-state index in [0.717, 1.165) is 5.76 Å². The molecule has 0 bridgehead atoms. The van der Waals surface area contributed by atoms with Crippen LogP contribution < -0.4 is 4.74 Å². The summed E-state index contributed by atoms with van der Waals surface area (Å²) >= 11 is 0. The standard InChI is InChI=1S/C14H14O5/c15-14(16)11-3-5-12(6-4-11)19-9-8-17-10-13-2-1-7-18-13/h1-7H,8-10H2,(H,15,16). The van der Waals surface area contributed by atoms with Gasteiger partial charge in [-0.05, 0) is 36.4 Å². The summed E-state index contributed by atoms with van der Waals surface area (Å²) in [6.45, 7) is 1.24. The molecule has 0 aliphatic carbocycles. The van der Waals surface area contributed by atoms with Crippen molar-refractivity contribution in [1.82, 2.24) is 0 Å². The first-order chi connectivity index (χ1) is 9.25. The Balaban J connectivity index is 1.66.